The second-order valence-electron chi connectivity index (χ2n) is 6.72. The summed E-state index contributed by atoms with van der Waals surface area (Å²) in [4.78, 5) is 0. The van der Waals surface area contributed by atoms with Crippen LogP contribution in [-0.4, -0.2) is 47.8 Å². The lowest BCUT2D eigenvalue weighted by Crippen LogP contribution is -2.45. The second-order valence-corrected chi connectivity index (χ2v) is 7.72. The first-order chi connectivity index (χ1) is 13.4. The average Bonchev–Trinajstić information content (AvgIpc) is 3.10. The molecule has 0 saturated carbocycles. The monoisotopic (exact) mass is 426 g/mol. The van der Waals surface area contributed by atoms with Crippen LogP contribution in [0.5, 0.6) is 0 Å². The molecule has 2 saturated heterocycles. The third kappa shape index (κ3) is 3.79. The topological polar surface area (TPSA) is 77.4 Å². The van der Waals surface area contributed by atoms with E-state index in [1.807, 2.05) is 12.1 Å². The molecule has 0 spiro atoms. The Kier molecular flexibility index (Phi) is 5.66. The molecule has 8 heteroatoms. The molecule has 150 valence electrons. The van der Waals surface area contributed by atoms with E-state index in [1.165, 1.54) is 0 Å². The van der Waals surface area contributed by atoms with Crippen LogP contribution in [0.15, 0.2) is 60.7 Å². The number of alkyl halides is 2. The number of benzene rings is 2. The van der Waals surface area contributed by atoms with Crippen molar-refractivity contribution in [2.45, 2.75) is 34.9 Å². The third-order valence-electron chi connectivity index (χ3n) is 4.80. The van der Waals surface area contributed by atoms with Gasteiger partial charge in [0, 0.05) is 11.1 Å². The van der Waals surface area contributed by atoms with Crippen LogP contribution in [0, 0.1) is 0 Å². The van der Waals surface area contributed by atoms with Crippen LogP contribution in [0.3, 0.4) is 0 Å². The molecule has 0 amide bonds. The number of hydrogen-bond donors (Lipinski definition) is 2. The fourth-order valence-corrected chi connectivity index (χ4v) is 3.87. The highest BCUT2D eigenvalue weighted by Gasteiger charge is 2.53. The van der Waals surface area contributed by atoms with Gasteiger partial charge >= 0.3 is 0 Å². The fourth-order valence-electron chi connectivity index (χ4n) is 3.28. The molecule has 2 fully saturated rings. The molecule has 2 aromatic carbocycles. The highest BCUT2D eigenvalue weighted by Crippen LogP contribution is 2.44. The number of hydrogen-bond acceptors (Lipinski definition) is 6. The number of ether oxygens (including phenoxy) is 4. The van der Waals surface area contributed by atoms with Gasteiger partial charge in [0.05, 0.1) is 13.2 Å². The molecule has 6 atom stereocenters. The Morgan fingerprint density at radius 1 is 0.750 bits per heavy atom. The standard InChI is InChI=1S/C20H20Cl2O6/c21-19(13-7-3-1-4-8-13)25-11-15(23)17(24)18-16(12-26-19)27-20(22,28-18)14-9-5-2-6-10-14/h1-10,15-18,23-24H,11-12H2/t15-,16+,17-,18-,19?,20?/m0/s1. The maximum Gasteiger partial charge on any atom is 0.277 e. The van der Waals surface area contributed by atoms with Gasteiger partial charge in [0.1, 0.15) is 24.4 Å². The van der Waals surface area contributed by atoms with Crippen LogP contribution in [0.4, 0.5) is 0 Å². The molecule has 0 bridgehead atoms. The van der Waals surface area contributed by atoms with E-state index < -0.39 is 34.9 Å². The van der Waals surface area contributed by atoms with E-state index in [0.29, 0.717) is 11.1 Å². The highest BCUT2D eigenvalue weighted by atomic mass is 35.5. The fraction of sp³-hybridized carbons (Fsp3) is 0.400. The summed E-state index contributed by atoms with van der Waals surface area (Å²) in [5.74, 6) is 0. The average molecular weight is 427 g/mol. The molecule has 6 nitrogen and oxygen atoms in total. The molecule has 28 heavy (non-hydrogen) atoms. The van der Waals surface area contributed by atoms with Crippen LogP contribution >= 0.6 is 23.2 Å². The Balaban J connectivity index is 1.62. The normalized spacial score (nSPS) is 38.9. The Hall–Kier alpha value is -1.22. The van der Waals surface area contributed by atoms with Crippen molar-refractivity contribution < 1.29 is 29.2 Å². The van der Waals surface area contributed by atoms with Gasteiger partial charge in [-0.3, -0.25) is 0 Å². The molecule has 2 aliphatic heterocycles. The molecular formula is C20H20Cl2O6. The first-order valence-electron chi connectivity index (χ1n) is 8.90. The summed E-state index contributed by atoms with van der Waals surface area (Å²) in [5.41, 5.74) is 1.12. The zero-order chi connectivity index (χ0) is 19.8. The lowest BCUT2D eigenvalue weighted by atomic mass is 10.0. The van der Waals surface area contributed by atoms with Crippen LogP contribution in [-0.2, 0) is 29.4 Å². The van der Waals surface area contributed by atoms with Gasteiger partial charge in [-0.1, -0.05) is 83.9 Å². The minimum absolute atomic E-state index is 0.0753. The van der Waals surface area contributed by atoms with Crippen molar-refractivity contribution in [3.05, 3.63) is 71.8 Å². The van der Waals surface area contributed by atoms with Gasteiger partial charge in [-0.2, -0.15) is 0 Å². The predicted molar refractivity (Wildman–Crippen MR) is 102 cm³/mol. The van der Waals surface area contributed by atoms with Crippen LogP contribution < -0.4 is 0 Å². The first kappa shape index (κ1) is 20.1. The molecule has 2 aromatic rings. The zero-order valence-electron chi connectivity index (χ0n) is 14.8. The number of fused-ring (bicyclic) bond motifs is 1. The van der Waals surface area contributed by atoms with E-state index in [4.69, 9.17) is 42.1 Å². The van der Waals surface area contributed by atoms with E-state index in [1.54, 1.807) is 48.5 Å². The van der Waals surface area contributed by atoms with Crippen LogP contribution in [0.1, 0.15) is 11.1 Å². The van der Waals surface area contributed by atoms with Crippen LogP contribution in [0.25, 0.3) is 0 Å². The van der Waals surface area contributed by atoms with Crippen molar-refractivity contribution >= 4 is 23.2 Å². The Labute approximate surface area is 172 Å². The van der Waals surface area contributed by atoms with E-state index in [2.05, 4.69) is 0 Å². The Morgan fingerprint density at radius 3 is 1.89 bits per heavy atom. The summed E-state index contributed by atoms with van der Waals surface area (Å²) in [6.45, 7) is -0.346. The van der Waals surface area contributed by atoms with Gasteiger partial charge < -0.3 is 29.2 Å². The predicted octanol–water partition coefficient (Wildman–Crippen LogP) is 2.64. The summed E-state index contributed by atoms with van der Waals surface area (Å²) in [5, 5.41) is 17.8. The smallest absolute Gasteiger partial charge is 0.277 e. The SMILES string of the molecule is O[C@@H]1[C@H]2OC(Cl)(c3ccccc3)O[C@@H]2COC(Cl)(c2ccccc2)OC[C@@H]1O. The summed E-state index contributed by atoms with van der Waals surface area (Å²) in [6, 6.07) is 17.8. The summed E-state index contributed by atoms with van der Waals surface area (Å²) in [7, 11) is 0. The lowest BCUT2D eigenvalue weighted by molar-refractivity contribution is -0.215. The Morgan fingerprint density at radius 2 is 1.29 bits per heavy atom. The van der Waals surface area contributed by atoms with Gasteiger partial charge in [-0.05, 0) is 0 Å². The molecule has 2 heterocycles. The minimum atomic E-state index is -1.65. The van der Waals surface area contributed by atoms with Crippen molar-refractivity contribution in [2.75, 3.05) is 13.2 Å². The van der Waals surface area contributed by atoms with E-state index >= 15 is 0 Å². The van der Waals surface area contributed by atoms with Gasteiger partial charge in [0.2, 0.25) is 0 Å². The quantitative estimate of drug-likeness (QED) is 0.718. The van der Waals surface area contributed by atoms with Crippen molar-refractivity contribution in [2.24, 2.45) is 0 Å². The van der Waals surface area contributed by atoms with E-state index in [-0.39, 0.29) is 13.2 Å². The highest BCUT2D eigenvalue weighted by molar-refractivity contribution is 6.22. The van der Waals surface area contributed by atoms with Crippen molar-refractivity contribution in [1.29, 1.82) is 0 Å². The third-order valence-corrected chi connectivity index (χ3v) is 5.63. The molecule has 0 aliphatic carbocycles. The van der Waals surface area contributed by atoms with Crippen molar-refractivity contribution in [3.8, 4) is 0 Å². The summed E-state index contributed by atoms with van der Waals surface area (Å²) < 4.78 is 23.2. The van der Waals surface area contributed by atoms with E-state index in [9.17, 15) is 10.2 Å². The maximum absolute atomic E-state index is 10.6. The molecule has 0 radical (unpaired) electrons. The maximum atomic E-state index is 10.6. The summed E-state index contributed by atoms with van der Waals surface area (Å²) >= 11 is 13.1. The molecule has 0 aromatic heterocycles. The van der Waals surface area contributed by atoms with Crippen molar-refractivity contribution in [1.82, 2.24) is 0 Å². The second kappa shape index (κ2) is 7.89. The number of rotatable bonds is 2. The number of aliphatic hydroxyl groups is 2. The largest absolute Gasteiger partial charge is 0.388 e. The molecule has 2 N–H and O–H groups in total. The molecule has 2 aliphatic rings. The van der Waals surface area contributed by atoms with Gasteiger partial charge in [0.25, 0.3) is 10.5 Å². The number of aliphatic hydroxyl groups excluding tert-OH is 2. The van der Waals surface area contributed by atoms with Gasteiger partial charge in [-0.25, -0.2) is 0 Å². The molecular weight excluding hydrogens is 407 g/mol. The lowest BCUT2D eigenvalue weighted by Gasteiger charge is -2.29. The molecule has 4 rings (SSSR count). The first-order valence-corrected chi connectivity index (χ1v) is 9.65. The summed E-state index contributed by atoms with van der Waals surface area (Å²) in [6.07, 6.45) is -4.32. The van der Waals surface area contributed by atoms with Crippen LogP contribution in [0.2, 0.25) is 0 Å². The zero-order valence-corrected chi connectivity index (χ0v) is 16.3. The van der Waals surface area contributed by atoms with Gasteiger partial charge in [-0.15, -0.1) is 0 Å². The Bertz CT molecular complexity index is 794. The molecule has 2 unspecified atom stereocenters. The van der Waals surface area contributed by atoms with E-state index in [0.717, 1.165) is 0 Å². The van der Waals surface area contributed by atoms with Crippen molar-refractivity contribution in [3.63, 3.8) is 0 Å². The number of halogens is 2. The minimum Gasteiger partial charge on any atom is -0.388 e. The van der Waals surface area contributed by atoms with Gasteiger partial charge in [0.15, 0.2) is 0 Å².